The van der Waals surface area contributed by atoms with E-state index in [1.807, 2.05) is 12.1 Å². The van der Waals surface area contributed by atoms with Crippen molar-refractivity contribution in [3.63, 3.8) is 0 Å². The highest BCUT2D eigenvalue weighted by Gasteiger charge is 2.13. The molecule has 1 heterocycles. The smallest absolute Gasteiger partial charge is 0.322 e. The van der Waals surface area contributed by atoms with Crippen molar-refractivity contribution in [2.45, 2.75) is 18.2 Å². The van der Waals surface area contributed by atoms with Gasteiger partial charge in [-0.15, -0.1) is 16.9 Å². The predicted molar refractivity (Wildman–Crippen MR) is 124 cm³/mol. The largest absolute Gasteiger partial charge is 0.493 e. The Morgan fingerprint density at radius 3 is 2.34 bits per heavy atom. The summed E-state index contributed by atoms with van der Waals surface area (Å²) in [5.74, 6) is 2.51. The highest BCUT2D eigenvalue weighted by Crippen LogP contribution is 2.38. The van der Waals surface area contributed by atoms with Crippen molar-refractivity contribution in [1.82, 2.24) is 10.2 Å². The molecule has 0 fully saturated rings. The van der Waals surface area contributed by atoms with Gasteiger partial charge in [-0.3, -0.25) is 10.1 Å². The summed E-state index contributed by atoms with van der Waals surface area (Å²) >= 11 is 1.78. The van der Waals surface area contributed by atoms with Gasteiger partial charge in [-0.05, 0) is 47.2 Å². The Hall–Kier alpha value is -3.46. The monoisotopic (exact) mass is 455 g/mol. The van der Waals surface area contributed by atoms with Crippen LogP contribution in [0, 0.1) is 0 Å². The molecule has 3 aromatic rings. The van der Waals surface area contributed by atoms with Gasteiger partial charge in [-0.1, -0.05) is 24.2 Å². The SMILES string of the molecule is CCSc1ccc(Cc2nnc(NC(=O)C=Cc3cc(OC)c(OC)c(OC)c3)o2)cc1. The topological polar surface area (TPSA) is 95.7 Å². The summed E-state index contributed by atoms with van der Waals surface area (Å²) < 4.78 is 21.5. The number of carbonyl (C=O) groups excluding carboxylic acids is 1. The lowest BCUT2D eigenvalue weighted by molar-refractivity contribution is -0.112. The normalized spacial score (nSPS) is 10.9. The lowest BCUT2D eigenvalue weighted by atomic mass is 10.1. The summed E-state index contributed by atoms with van der Waals surface area (Å²) in [6.07, 6.45) is 3.46. The molecule has 8 nitrogen and oxygen atoms in total. The first-order valence-corrected chi connectivity index (χ1v) is 10.9. The summed E-state index contributed by atoms with van der Waals surface area (Å²) in [4.78, 5) is 13.5. The van der Waals surface area contributed by atoms with E-state index in [9.17, 15) is 4.79 Å². The molecule has 0 atom stereocenters. The summed E-state index contributed by atoms with van der Waals surface area (Å²) in [6, 6.07) is 11.7. The summed E-state index contributed by atoms with van der Waals surface area (Å²) in [7, 11) is 4.59. The number of thioether (sulfide) groups is 1. The van der Waals surface area contributed by atoms with Crippen LogP contribution in [0.4, 0.5) is 6.01 Å². The quantitative estimate of drug-likeness (QED) is 0.354. The van der Waals surface area contributed by atoms with Crippen LogP contribution < -0.4 is 19.5 Å². The number of anilines is 1. The number of hydrogen-bond donors (Lipinski definition) is 1. The number of carbonyl (C=O) groups is 1. The Balaban J connectivity index is 1.62. The van der Waals surface area contributed by atoms with E-state index >= 15 is 0 Å². The molecule has 1 amide bonds. The molecule has 1 N–H and O–H groups in total. The Kier molecular flexibility index (Phi) is 8.15. The van der Waals surface area contributed by atoms with Gasteiger partial charge in [-0.25, -0.2) is 0 Å². The number of ether oxygens (including phenoxy) is 3. The number of amides is 1. The average Bonchev–Trinajstić information content (AvgIpc) is 3.24. The maximum atomic E-state index is 12.3. The molecule has 0 saturated carbocycles. The highest BCUT2D eigenvalue weighted by molar-refractivity contribution is 7.99. The Labute approximate surface area is 191 Å². The van der Waals surface area contributed by atoms with Crippen LogP contribution in [-0.2, 0) is 11.2 Å². The van der Waals surface area contributed by atoms with E-state index in [-0.39, 0.29) is 6.01 Å². The molecule has 0 saturated heterocycles. The van der Waals surface area contributed by atoms with Crippen LogP contribution in [0.5, 0.6) is 17.2 Å². The molecule has 3 rings (SSSR count). The second-order valence-electron chi connectivity index (χ2n) is 6.54. The molecule has 2 aromatic carbocycles. The Bertz CT molecular complexity index is 1050. The van der Waals surface area contributed by atoms with Gasteiger partial charge in [0, 0.05) is 11.0 Å². The lowest BCUT2D eigenvalue weighted by Crippen LogP contribution is -2.07. The van der Waals surface area contributed by atoms with E-state index in [0.29, 0.717) is 35.1 Å². The molecule has 0 aliphatic rings. The maximum Gasteiger partial charge on any atom is 0.322 e. The number of rotatable bonds is 10. The third-order valence-electron chi connectivity index (χ3n) is 4.40. The van der Waals surface area contributed by atoms with Crippen molar-refractivity contribution >= 4 is 29.8 Å². The molecule has 0 aliphatic heterocycles. The van der Waals surface area contributed by atoms with E-state index < -0.39 is 5.91 Å². The molecular formula is C23H25N3O5S. The summed E-state index contributed by atoms with van der Waals surface area (Å²) in [6.45, 7) is 2.12. The second kappa shape index (κ2) is 11.2. The van der Waals surface area contributed by atoms with Crippen molar-refractivity contribution in [3.05, 3.63) is 59.5 Å². The van der Waals surface area contributed by atoms with Gasteiger partial charge < -0.3 is 18.6 Å². The molecular weight excluding hydrogens is 430 g/mol. The molecule has 32 heavy (non-hydrogen) atoms. The van der Waals surface area contributed by atoms with Gasteiger partial charge in [0.2, 0.25) is 11.6 Å². The van der Waals surface area contributed by atoms with Gasteiger partial charge in [0.05, 0.1) is 27.8 Å². The fourth-order valence-corrected chi connectivity index (χ4v) is 3.60. The number of hydrogen-bond acceptors (Lipinski definition) is 8. The average molecular weight is 456 g/mol. The van der Waals surface area contributed by atoms with Gasteiger partial charge >= 0.3 is 6.01 Å². The van der Waals surface area contributed by atoms with E-state index in [4.69, 9.17) is 18.6 Å². The van der Waals surface area contributed by atoms with Crippen LogP contribution in [0.25, 0.3) is 6.08 Å². The van der Waals surface area contributed by atoms with Crippen LogP contribution in [0.3, 0.4) is 0 Å². The zero-order valence-electron chi connectivity index (χ0n) is 18.4. The van der Waals surface area contributed by atoms with Crippen LogP contribution >= 0.6 is 11.8 Å². The van der Waals surface area contributed by atoms with Crippen molar-refractivity contribution < 1.29 is 23.4 Å². The minimum absolute atomic E-state index is 0.0395. The van der Waals surface area contributed by atoms with E-state index in [0.717, 1.165) is 11.3 Å². The predicted octanol–water partition coefficient (Wildman–Crippen LogP) is 4.45. The number of methoxy groups -OCH3 is 3. The van der Waals surface area contributed by atoms with Crippen molar-refractivity contribution in [3.8, 4) is 17.2 Å². The third-order valence-corrected chi connectivity index (χ3v) is 5.30. The van der Waals surface area contributed by atoms with Crippen molar-refractivity contribution in [2.24, 2.45) is 0 Å². The lowest BCUT2D eigenvalue weighted by Gasteiger charge is -2.12. The number of nitrogens with one attached hydrogen (secondary N) is 1. The van der Waals surface area contributed by atoms with Gasteiger partial charge in [0.25, 0.3) is 5.91 Å². The zero-order valence-corrected chi connectivity index (χ0v) is 19.2. The molecule has 0 bridgehead atoms. The fourth-order valence-electron chi connectivity index (χ4n) is 2.94. The summed E-state index contributed by atoms with van der Waals surface area (Å²) in [5, 5.41) is 10.5. The summed E-state index contributed by atoms with van der Waals surface area (Å²) in [5.41, 5.74) is 1.75. The first-order valence-electron chi connectivity index (χ1n) is 9.89. The Morgan fingerprint density at radius 1 is 1.06 bits per heavy atom. The first kappa shape index (κ1) is 23.2. The molecule has 1 aromatic heterocycles. The molecule has 168 valence electrons. The Morgan fingerprint density at radius 2 is 1.75 bits per heavy atom. The maximum absolute atomic E-state index is 12.3. The van der Waals surface area contributed by atoms with Crippen molar-refractivity contribution in [1.29, 1.82) is 0 Å². The molecule has 9 heteroatoms. The minimum Gasteiger partial charge on any atom is -0.493 e. The van der Waals surface area contributed by atoms with E-state index in [1.165, 1.54) is 32.3 Å². The zero-order chi connectivity index (χ0) is 22.9. The number of benzene rings is 2. The first-order chi connectivity index (χ1) is 15.6. The molecule has 0 spiro atoms. The van der Waals surface area contributed by atoms with Crippen LogP contribution in [0.1, 0.15) is 23.9 Å². The molecule has 0 aliphatic carbocycles. The highest BCUT2D eigenvalue weighted by atomic mass is 32.2. The van der Waals surface area contributed by atoms with Crippen molar-refractivity contribution in [2.75, 3.05) is 32.4 Å². The fraction of sp³-hybridized carbons (Fsp3) is 0.261. The number of aromatic nitrogens is 2. The van der Waals surface area contributed by atoms with Crippen LogP contribution in [0.2, 0.25) is 0 Å². The van der Waals surface area contributed by atoms with Gasteiger partial charge in [-0.2, -0.15) is 0 Å². The standard InChI is InChI=1S/C23H25N3O5S/c1-5-32-17-9-6-15(7-10-17)14-21-25-26-23(31-21)24-20(27)11-8-16-12-18(28-2)22(30-4)19(13-16)29-3/h6-13H,5,14H2,1-4H3,(H,24,26,27). The van der Waals surface area contributed by atoms with E-state index in [1.54, 1.807) is 30.0 Å². The van der Waals surface area contributed by atoms with Gasteiger partial charge in [0.1, 0.15) is 0 Å². The molecule has 0 radical (unpaired) electrons. The minimum atomic E-state index is -0.408. The van der Waals surface area contributed by atoms with Gasteiger partial charge in [0.15, 0.2) is 11.5 Å². The number of nitrogens with zero attached hydrogens (tertiary/aromatic N) is 2. The van der Waals surface area contributed by atoms with Crippen LogP contribution in [0.15, 0.2) is 51.8 Å². The molecule has 0 unspecified atom stereocenters. The van der Waals surface area contributed by atoms with Crippen LogP contribution in [-0.4, -0.2) is 43.2 Å². The second-order valence-corrected chi connectivity index (χ2v) is 7.87. The third kappa shape index (κ3) is 6.04. The van der Waals surface area contributed by atoms with E-state index in [2.05, 4.69) is 34.6 Å².